The van der Waals surface area contributed by atoms with E-state index in [1.54, 1.807) is 0 Å². The summed E-state index contributed by atoms with van der Waals surface area (Å²) in [5.41, 5.74) is -0.452. The Morgan fingerprint density at radius 2 is 1.93 bits per heavy atom. The number of carbonyl (C=O) groups excluding carboxylic acids is 1. The summed E-state index contributed by atoms with van der Waals surface area (Å²) in [5.74, 6) is -0.456. The second-order valence-electron chi connectivity index (χ2n) is 5.44. The maximum Gasteiger partial charge on any atom is 0.416 e. The van der Waals surface area contributed by atoms with Crippen molar-refractivity contribution in [2.75, 3.05) is 12.4 Å². The van der Waals surface area contributed by atoms with Gasteiger partial charge in [-0.15, -0.1) is 0 Å². The molecule has 28 heavy (non-hydrogen) atoms. The lowest BCUT2D eigenvalue weighted by molar-refractivity contribution is -0.137. The predicted octanol–water partition coefficient (Wildman–Crippen LogP) is 3.53. The average Bonchev–Trinajstić information content (AvgIpc) is 3.02. The highest BCUT2D eigenvalue weighted by Gasteiger charge is 2.31. The lowest BCUT2D eigenvalue weighted by Gasteiger charge is -2.10. The van der Waals surface area contributed by atoms with E-state index in [0.29, 0.717) is 11.6 Å². The molecule has 0 unspecified atom stereocenters. The molecule has 1 heterocycles. The third-order valence-electron chi connectivity index (χ3n) is 3.52. The molecule has 8 nitrogen and oxygen atoms in total. The van der Waals surface area contributed by atoms with Crippen molar-refractivity contribution in [2.24, 2.45) is 0 Å². The topological polar surface area (TPSA) is 110 Å². The molecule has 0 saturated heterocycles. The van der Waals surface area contributed by atoms with Crippen molar-refractivity contribution >= 4 is 33.2 Å². The molecule has 0 fully saturated rings. The Morgan fingerprint density at radius 1 is 1.18 bits per heavy atom. The lowest BCUT2D eigenvalue weighted by Crippen LogP contribution is -2.11. The number of hydrogen-bond acceptors (Lipinski definition) is 6. The number of rotatable bonds is 4. The summed E-state index contributed by atoms with van der Waals surface area (Å²) in [6, 6.07) is 7.21. The van der Waals surface area contributed by atoms with Crippen molar-refractivity contribution in [1.82, 2.24) is 9.97 Å². The molecular formula is C16H12F3N3O5S. The van der Waals surface area contributed by atoms with Gasteiger partial charge in [-0.2, -0.15) is 21.6 Å². The number of anilines is 1. The van der Waals surface area contributed by atoms with Crippen LogP contribution < -0.4 is 9.50 Å². The van der Waals surface area contributed by atoms with Crippen molar-refractivity contribution in [1.29, 1.82) is 0 Å². The van der Waals surface area contributed by atoms with Crippen LogP contribution in [0.4, 0.5) is 23.9 Å². The van der Waals surface area contributed by atoms with Crippen LogP contribution in [0.3, 0.4) is 0 Å². The molecule has 0 aliphatic rings. The summed E-state index contributed by atoms with van der Waals surface area (Å²) >= 11 is 0. The van der Waals surface area contributed by atoms with E-state index in [1.807, 2.05) is 0 Å². The van der Waals surface area contributed by atoms with E-state index in [0.717, 1.165) is 25.3 Å². The molecule has 0 atom stereocenters. The molecule has 3 rings (SSSR count). The van der Waals surface area contributed by atoms with Crippen molar-refractivity contribution in [3.63, 3.8) is 0 Å². The van der Waals surface area contributed by atoms with E-state index in [2.05, 4.69) is 20.0 Å². The summed E-state index contributed by atoms with van der Waals surface area (Å²) in [6.45, 7) is 0. The van der Waals surface area contributed by atoms with Crippen LogP contribution in [0.25, 0.3) is 11.0 Å². The van der Waals surface area contributed by atoms with E-state index >= 15 is 0 Å². The van der Waals surface area contributed by atoms with Crippen LogP contribution >= 0.6 is 0 Å². The van der Waals surface area contributed by atoms with Gasteiger partial charge in [0.25, 0.3) is 0 Å². The molecular weight excluding hydrogens is 403 g/mol. The molecule has 0 spiro atoms. The molecule has 2 N–H and O–H groups in total. The minimum absolute atomic E-state index is 0.0233. The third-order valence-corrected chi connectivity index (χ3v) is 4.76. The first kappa shape index (κ1) is 19.5. The molecule has 0 aliphatic heterocycles. The minimum Gasteiger partial charge on any atom is -0.453 e. The van der Waals surface area contributed by atoms with Crippen LogP contribution in [0, 0.1) is 0 Å². The van der Waals surface area contributed by atoms with Gasteiger partial charge in [0.05, 0.1) is 23.7 Å². The Morgan fingerprint density at radius 3 is 2.61 bits per heavy atom. The van der Waals surface area contributed by atoms with Crippen LogP contribution in [0.2, 0.25) is 0 Å². The highest BCUT2D eigenvalue weighted by atomic mass is 32.2. The number of nitrogens with zero attached hydrogens (tertiary/aromatic N) is 1. The molecule has 0 radical (unpaired) electrons. The van der Waals surface area contributed by atoms with E-state index in [4.69, 9.17) is 4.18 Å². The molecule has 0 saturated carbocycles. The number of halogens is 3. The average molecular weight is 415 g/mol. The number of methoxy groups -OCH3 is 1. The SMILES string of the molecule is COC(=O)Nc1nc2ccc(S(=O)(=O)Oc3cccc(C(F)(F)F)c3)cc2[nH]1. The van der Waals surface area contributed by atoms with Gasteiger partial charge in [-0.05, 0) is 36.4 Å². The minimum atomic E-state index is -4.64. The van der Waals surface area contributed by atoms with Crippen molar-refractivity contribution < 1.29 is 35.3 Å². The highest BCUT2D eigenvalue weighted by molar-refractivity contribution is 7.87. The summed E-state index contributed by atoms with van der Waals surface area (Å²) in [7, 11) is -3.25. The zero-order chi connectivity index (χ0) is 20.5. The number of nitrogens with one attached hydrogen (secondary N) is 2. The summed E-state index contributed by atoms with van der Waals surface area (Å²) in [5, 5.41) is 2.28. The standard InChI is InChI=1S/C16H12F3N3O5S/c1-26-15(23)22-14-20-12-6-5-11(8-13(12)21-14)28(24,25)27-10-4-2-3-9(7-10)16(17,18)19/h2-8H,1H3,(H2,20,21,22,23). The molecule has 1 amide bonds. The smallest absolute Gasteiger partial charge is 0.416 e. The first-order valence-corrected chi connectivity index (χ1v) is 8.96. The Bertz CT molecular complexity index is 1140. The Hall–Kier alpha value is -3.28. The normalized spacial score (nSPS) is 12.0. The zero-order valence-corrected chi connectivity index (χ0v) is 14.9. The van der Waals surface area contributed by atoms with Gasteiger partial charge in [0.15, 0.2) is 0 Å². The molecule has 2 aromatic carbocycles. The van der Waals surface area contributed by atoms with Gasteiger partial charge in [0, 0.05) is 0 Å². The Balaban J connectivity index is 1.89. The van der Waals surface area contributed by atoms with Crippen LogP contribution in [0.1, 0.15) is 5.56 Å². The second-order valence-corrected chi connectivity index (χ2v) is 6.99. The largest absolute Gasteiger partial charge is 0.453 e. The van der Waals surface area contributed by atoms with Gasteiger partial charge in [0.1, 0.15) is 10.6 Å². The number of imidazole rings is 1. The van der Waals surface area contributed by atoms with Gasteiger partial charge >= 0.3 is 22.4 Å². The van der Waals surface area contributed by atoms with Gasteiger partial charge in [-0.3, -0.25) is 5.32 Å². The summed E-state index contributed by atoms with van der Waals surface area (Å²) in [4.78, 5) is 17.6. The van der Waals surface area contributed by atoms with Gasteiger partial charge in [-0.25, -0.2) is 9.78 Å². The number of ether oxygens (including phenoxy) is 1. The van der Waals surface area contributed by atoms with Crippen LogP contribution in [-0.4, -0.2) is 31.6 Å². The molecule has 148 valence electrons. The fraction of sp³-hybridized carbons (Fsp3) is 0.125. The quantitative estimate of drug-likeness (QED) is 0.631. The molecule has 0 bridgehead atoms. The molecule has 1 aromatic heterocycles. The number of benzene rings is 2. The third kappa shape index (κ3) is 4.17. The maximum absolute atomic E-state index is 12.8. The number of H-pyrrole nitrogens is 1. The van der Waals surface area contributed by atoms with E-state index < -0.39 is 33.7 Å². The lowest BCUT2D eigenvalue weighted by atomic mass is 10.2. The molecule has 0 aliphatic carbocycles. The Kier molecular flexibility index (Phi) is 4.89. The monoisotopic (exact) mass is 415 g/mol. The van der Waals surface area contributed by atoms with Crippen LogP contribution in [0.5, 0.6) is 5.75 Å². The van der Waals surface area contributed by atoms with Crippen molar-refractivity contribution in [2.45, 2.75) is 11.1 Å². The van der Waals surface area contributed by atoms with Gasteiger partial charge < -0.3 is 13.9 Å². The number of carbonyl (C=O) groups is 1. The summed E-state index contributed by atoms with van der Waals surface area (Å²) in [6.07, 6.45) is -5.42. The van der Waals surface area contributed by atoms with Gasteiger partial charge in [-0.1, -0.05) is 6.07 Å². The van der Waals surface area contributed by atoms with Crippen LogP contribution in [0.15, 0.2) is 47.4 Å². The number of aromatic amines is 1. The molecule has 3 aromatic rings. The highest BCUT2D eigenvalue weighted by Crippen LogP contribution is 2.32. The summed E-state index contributed by atoms with van der Waals surface area (Å²) < 4.78 is 72.3. The van der Waals surface area contributed by atoms with E-state index in [1.165, 1.54) is 18.2 Å². The maximum atomic E-state index is 12.8. The number of aromatic nitrogens is 2. The first-order chi connectivity index (χ1) is 13.1. The van der Waals surface area contributed by atoms with E-state index in [-0.39, 0.29) is 16.4 Å². The van der Waals surface area contributed by atoms with Gasteiger partial charge in [0.2, 0.25) is 5.95 Å². The van der Waals surface area contributed by atoms with Crippen molar-refractivity contribution in [3.8, 4) is 5.75 Å². The number of hydrogen-bond donors (Lipinski definition) is 2. The molecule has 12 heteroatoms. The number of alkyl halides is 3. The Labute approximate surface area is 156 Å². The van der Waals surface area contributed by atoms with E-state index in [9.17, 15) is 26.4 Å². The zero-order valence-electron chi connectivity index (χ0n) is 14.1. The fourth-order valence-electron chi connectivity index (χ4n) is 2.25. The second kappa shape index (κ2) is 7.03. The number of fused-ring (bicyclic) bond motifs is 1. The van der Waals surface area contributed by atoms with Crippen molar-refractivity contribution in [3.05, 3.63) is 48.0 Å². The predicted molar refractivity (Wildman–Crippen MR) is 91.4 cm³/mol. The first-order valence-electron chi connectivity index (χ1n) is 7.55. The number of amides is 1. The fourth-order valence-corrected chi connectivity index (χ4v) is 3.20. The van der Waals surface area contributed by atoms with Crippen LogP contribution in [-0.2, 0) is 21.0 Å².